The first-order chi connectivity index (χ1) is 5.13. The van der Waals surface area contributed by atoms with Crippen LogP contribution in [0.3, 0.4) is 0 Å². The van der Waals surface area contributed by atoms with E-state index in [0.717, 1.165) is 19.3 Å². The number of carboxylic acid groups (broad SMARTS) is 1. The number of carbonyl (C=O) groups is 1. The summed E-state index contributed by atoms with van der Waals surface area (Å²) in [5, 5.41) is 8.95. The van der Waals surface area contributed by atoms with Gasteiger partial charge in [-0.25, -0.2) is 0 Å². The summed E-state index contributed by atoms with van der Waals surface area (Å²) in [7, 11) is 0. The lowest BCUT2D eigenvalue weighted by Gasteiger charge is -2.26. The Morgan fingerprint density at radius 3 is 2.64 bits per heavy atom. The van der Waals surface area contributed by atoms with Crippen molar-refractivity contribution in [2.75, 3.05) is 0 Å². The van der Waals surface area contributed by atoms with Gasteiger partial charge in [-0.1, -0.05) is 13.3 Å². The first-order valence-electron chi connectivity index (χ1n) is 4.12. The van der Waals surface area contributed by atoms with Crippen LogP contribution in [0.15, 0.2) is 0 Å². The molecule has 1 saturated carbocycles. The van der Waals surface area contributed by atoms with Crippen molar-refractivity contribution in [1.82, 2.24) is 0 Å². The van der Waals surface area contributed by atoms with Crippen LogP contribution in [-0.4, -0.2) is 17.1 Å². The maximum atomic E-state index is 10.9. The topological polar surface area (TPSA) is 63.3 Å². The third kappa shape index (κ3) is 1.13. The van der Waals surface area contributed by atoms with Crippen molar-refractivity contribution < 1.29 is 9.90 Å². The van der Waals surface area contributed by atoms with E-state index in [1.54, 1.807) is 0 Å². The molecular weight excluding hydrogens is 142 g/mol. The Balaban J connectivity index is 2.82. The fraction of sp³-hybridized carbons (Fsp3) is 0.875. The summed E-state index contributed by atoms with van der Waals surface area (Å²) in [4.78, 5) is 10.9. The van der Waals surface area contributed by atoms with Gasteiger partial charge in [0, 0.05) is 6.04 Å². The number of nitrogens with two attached hydrogens (primary N) is 1. The zero-order valence-electron chi connectivity index (χ0n) is 6.84. The van der Waals surface area contributed by atoms with Gasteiger partial charge in [-0.05, 0) is 19.3 Å². The van der Waals surface area contributed by atoms with Crippen LogP contribution in [0.4, 0.5) is 0 Å². The molecule has 1 aliphatic rings. The van der Waals surface area contributed by atoms with Crippen molar-refractivity contribution in [2.45, 2.75) is 38.6 Å². The van der Waals surface area contributed by atoms with Gasteiger partial charge in [0.25, 0.3) is 0 Å². The number of hydrogen-bond acceptors (Lipinski definition) is 2. The summed E-state index contributed by atoms with van der Waals surface area (Å²) >= 11 is 0. The van der Waals surface area contributed by atoms with Crippen molar-refractivity contribution in [1.29, 1.82) is 0 Å². The molecule has 3 heteroatoms. The molecule has 64 valence electrons. The number of rotatable bonds is 2. The second kappa shape index (κ2) is 2.81. The van der Waals surface area contributed by atoms with E-state index in [-0.39, 0.29) is 6.04 Å². The normalized spacial score (nSPS) is 37.5. The number of aliphatic carboxylic acids is 1. The minimum atomic E-state index is -0.718. The smallest absolute Gasteiger partial charge is 0.311 e. The lowest BCUT2D eigenvalue weighted by atomic mass is 9.80. The predicted molar refractivity (Wildman–Crippen MR) is 42.2 cm³/mol. The van der Waals surface area contributed by atoms with E-state index in [9.17, 15) is 4.79 Å². The van der Waals surface area contributed by atoms with Gasteiger partial charge in [0.15, 0.2) is 0 Å². The van der Waals surface area contributed by atoms with Gasteiger partial charge in [-0.3, -0.25) is 4.79 Å². The van der Waals surface area contributed by atoms with E-state index in [0.29, 0.717) is 6.42 Å². The Morgan fingerprint density at radius 2 is 2.45 bits per heavy atom. The lowest BCUT2D eigenvalue weighted by molar-refractivity contribution is -0.149. The largest absolute Gasteiger partial charge is 0.481 e. The van der Waals surface area contributed by atoms with Crippen molar-refractivity contribution >= 4 is 5.97 Å². The van der Waals surface area contributed by atoms with Gasteiger partial charge in [-0.2, -0.15) is 0 Å². The Kier molecular flexibility index (Phi) is 2.18. The second-order valence-corrected chi connectivity index (χ2v) is 3.31. The van der Waals surface area contributed by atoms with Crippen LogP contribution in [0.1, 0.15) is 32.6 Å². The Hall–Kier alpha value is -0.570. The molecule has 0 unspecified atom stereocenters. The standard InChI is InChI=1S/C8H15NO2/c1-2-8(7(10)11)5-3-4-6(8)9/h6H,2-5,9H2,1H3,(H,10,11)/t6-,8+/m1/s1. The molecule has 0 spiro atoms. The molecule has 2 atom stereocenters. The van der Waals surface area contributed by atoms with Crippen LogP contribution in [0.25, 0.3) is 0 Å². The van der Waals surface area contributed by atoms with Gasteiger partial charge in [0.05, 0.1) is 5.41 Å². The summed E-state index contributed by atoms with van der Waals surface area (Å²) in [6.07, 6.45) is 3.23. The molecule has 0 amide bonds. The van der Waals surface area contributed by atoms with E-state index in [4.69, 9.17) is 10.8 Å². The quantitative estimate of drug-likeness (QED) is 0.628. The molecule has 0 saturated heterocycles. The molecule has 0 aliphatic heterocycles. The molecule has 0 heterocycles. The highest BCUT2D eigenvalue weighted by molar-refractivity contribution is 5.76. The minimum Gasteiger partial charge on any atom is -0.481 e. The molecule has 1 aliphatic carbocycles. The Morgan fingerprint density at radius 1 is 1.82 bits per heavy atom. The van der Waals surface area contributed by atoms with Gasteiger partial charge in [-0.15, -0.1) is 0 Å². The highest BCUT2D eigenvalue weighted by Gasteiger charge is 2.45. The Bertz CT molecular complexity index is 169. The van der Waals surface area contributed by atoms with E-state index < -0.39 is 11.4 Å². The molecule has 3 N–H and O–H groups in total. The molecular formula is C8H15NO2. The van der Waals surface area contributed by atoms with Crippen LogP contribution in [0, 0.1) is 5.41 Å². The fourth-order valence-electron chi connectivity index (χ4n) is 1.95. The van der Waals surface area contributed by atoms with Crippen molar-refractivity contribution in [2.24, 2.45) is 11.1 Å². The fourth-order valence-corrected chi connectivity index (χ4v) is 1.95. The van der Waals surface area contributed by atoms with Crippen molar-refractivity contribution in [3.63, 3.8) is 0 Å². The second-order valence-electron chi connectivity index (χ2n) is 3.31. The summed E-state index contributed by atoms with van der Waals surface area (Å²) in [6, 6.07) is -0.134. The maximum Gasteiger partial charge on any atom is 0.311 e. The average Bonchev–Trinajstić information content (AvgIpc) is 2.32. The van der Waals surface area contributed by atoms with Crippen LogP contribution in [-0.2, 0) is 4.79 Å². The van der Waals surface area contributed by atoms with Crippen molar-refractivity contribution in [3.8, 4) is 0 Å². The summed E-state index contributed by atoms with van der Waals surface area (Å²) in [5.41, 5.74) is 5.13. The first-order valence-corrected chi connectivity index (χ1v) is 4.12. The lowest BCUT2D eigenvalue weighted by Crippen LogP contribution is -2.42. The van der Waals surface area contributed by atoms with E-state index in [2.05, 4.69) is 0 Å². The van der Waals surface area contributed by atoms with Crippen LogP contribution < -0.4 is 5.73 Å². The van der Waals surface area contributed by atoms with Gasteiger partial charge < -0.3 is 10.8 Å². The average molecular weight is 157 g/mol. The van der Waals surface area contributed by atoms with Crippen LogP contribution in [0.5, 0.6) is 0 Å². The molecule has 1 fully saturated rings. The molecule has 0 aromatic rings. The summed E-state index contributed by atoms with van der Waals surface area (Å²) in [6.45, 7) is 1.90. The van der Waals surface area contributed by atoms with Crippen molar-refractivity contribution in [3.05, 3.63) is 0 Å². The van der Waals surface area contributed by atoms with Crippen LogP contribution in [0.2, 0.25) is 0 Å². The molecule has 0 aromatic carbocycles. The van der Waals surface area contributed by atoms with Gasteiger partial charge in [0.1, 0.15) is 0 Å². The highest BCUT2D eigenvalue weighted by Crippen LogP contribution is 2.40. The number of hydrogen-bond donors (Lipinski definition) is 2. The zero-order chi connectivity index (χ0) is 8.48. The Labute approximate surface area is 66.6 Å². The van der Waals surface area contributed by atoms with Crippen LogP contribution >= 0.6 is 0 Å². The molecule has 0 radical (unpaired) electrons. The third-order valence-electron chi connectivity index (χ3n) is 2.90. The van der Waals surface area contributed by atoms with E-state index in [1.807, 2.05) is 6.92 Å². The number of carboxylic acids is 1. The monoisotopic (exact) mass is 157 g/mol. The van der Waals surface area contributed by atoms with Gasteiger partial charge in [0.2, 0.25) is 0 Å². The molecule has 11 heavy (non-hydrogen) atoms. The summed E-state index contributed by atoms with van der Waals surface area (Å²) in [5.74, 6) is -0.718. The third-order valence-corrected chi connectivity index (χ3v) is 2.90. The molecule has 0 bridgehead atoms. The van der Waals surface area contributed by atoms with E-state index >= 15 is 0 Å². The SMILES string of the molecule is CC[C@]1(C(=O)O)CCC[C@H]1N. The minimum absolute atomic E-state index is 0.134. The summed E-state index contributed by atoms with van der Waals surface area (Å²) < 4.78 is 0. The molecule has 0 aromatic heterocycles. The zero-order valence-corrected chi connectivity index (χ0v) is 6.84. The predicted octanol–water partition coefficient (Wildman–Crippen LogP) is 0.979. The van der Waals surface area contributed by atoms with Gasteiger partial charge >= 0.3 is 5.97 Å². The first kappa shape index (κ1) is 8.53. The molecule has 1 rings (SSSR count). The molecule has 3 nitrogen and oxygen atoms in total. The maximum absolute atomic E-state index is 10.9. The van der Waals surface area contributed by atoms with E-state index in [1.165, 1.54) is 0 Å². The highest BCUT2D eigenvalue weighted by atomic mass is 16.4.